The first-order valence-corrected chi connectivity index (χ1v) is 6.45. The number of hydrogen-bond donors (Lipinski definition) is 1. The van der Waals surface area contributed by atoms with Crippen molar-refractivity contribution in [3.63, 3.8) is 0 Å². The molecule has 2 nitrogen and oxygen atoms in total. The number of halogens is 2. The molecule has 1 aliphatic carbocycles. The molecule has 0 heterocycles. The first-order valence-electron chi connectivity index (χ1n) is 5.70. The molecule has 2 unspecified atom stereocenters. The average molecular weight is 285 g/mol. The van der Waals surface area contributed by atoms with E-state index in [0.29, 0.717) is 10.1 Å². The fourth-order valence-electron chi connectivity index (χ4n) is 2.32. The van der Waals surface area contributed by atoms with Crippen LogP contribution in [0.2, 0.25) is 5.02 Å². The average Bonchev–Trinajstić information content (AvgIpc) is 2.81. The van der Waals surface area contributed by atoms with Crippen LogP contribution < -0.4 is 0 Å². The number of carbonyl (C=O) groups is 1. The highest BCUT2D eigenvalue weighted by Gasteiger charge is 2.60. The third kappa shape index (κ3) is 2.40. The van der Waals surface area contributed by atoms with Gasteiger partial charge in [-0.25, -0.2) is 0 Å². The lowest BCUT2D eigenvalue weighted by molar-refractivity contribution is -0.139. The van der Waals surface area contributed by atoms with Crippen molar-refractivity contribution in [2.24, 2.45) is 17.3 Å². The predicted octanol–water partition coefficient (Wildman–Crippen LogP) is 4.28. The Bertz CT molecular complexity index is 503. The first kappa shape index (κ1) is 13.4. The van der Waals surface area contributed by atoms with Crippen LogP contribution in [0.1, 0.15) is 19.4 Å². The Balaban J connectivity index is 2.20. The lowest BCUT2D eigenvalue weighted by Gasteiger charge is -2.01. The molecule has 1 aliphatic rings. The van der Waals surface area contributed by atoms with Crippen molar-refractivity contribution in [2.45, 2.75) is 13.8 Å². The molecule has 96 valence electrons. The van der Waals surface area contributed by atoms with Crippen molar-refractivity contribution in [1.29, 1.82) is 0 Å². The normalized spacial score (nSPS) is 25.9. The Morgan fingerprint density at radius 1 is 1.33 bits per heavy atom. The predicted molar refractivity (Wildman–Crippen MR) is 73.7 cm³/mol. The summed E-state index contributed by atoms with van der Waals surface area (Å²) in [7, 11) is 0. The van der Waals surface area contributed by atoms with E-state index in [0.717, 1.165) is 5.56 Å². The zero-order valence-electron chi connectivity index (χ0n) is 10.2. The van der Waals surface area contributed by atoms with Gasteiger partial charge < -0.3 is 5.11 Å². The van der Waals surface area contributed by atoms with Gasteiger partial charge in [0.25, 0.3) is 0 Å². The van der Waals surface area contributed by atoms with Gasteiger partial charge in [-0.15, -0.1) is 0 Å². The fourth-order valence-corrected chi connectivity index (χ4v) is 2.71. The van der Waals surface area contributed by atoms with Gasteiger partial charge in [0.1, 0.15) is 0 Å². The maximum atomic E-state index is 11.1. The molecule has 0 bridgehead atoms. The quantitative estimate of drug-likeness (QED) is 0.900. The van der Waals surface area contributed by atoms with Crippen LogP contribution in [0, 0.1) is 17.3 Å². The van der Waals surface area contributed by atoms with Gasteiger partial charge in [-0.05, 0) is 29.0 Å². The number of benzene rings is 1. The molecule has 1 aromatic rings. The van der Waals surface area contributed by atoms with Crippen LogP contribution >= 0.6 is 23.2 Å². The van der Waals surface area contributed by atoms with E-state index in [-0.39, 0.29) is 17.3 Å². The maximum Gasteiger partial charge on any atom is 0.307 e. The summed E-state index contributed by atoms with van der Waals surface area (Å²) in [6, 6.07) is 7.18. The Hall–Kier alpha value is -0.990. The van der Waals surface area contributed by atoms with E-state index in [1.54, 1.807) is 12.1 Å². The highest BCUT2D eigenvalue weighted by atomic mass is 35.5. The SMILES string of the molecule is CC1(C)C(/C=C(/Cl)c2ccc(Cl)cc2)C1C(=O)O. The van der Waals surface area contributed by atoms with Crippen LogP contribution in [0.3, 0.4) is 0 Å². The molecular weight excluding hydrogens is 271 g/mol. The Labute approximate surface area is 116 Å². The molecule has 0 amide bonds. The second-order valence-corrected chi connectivity index (χ2v) is 6.03. The van der Waals surface area contributed by atoms with Crippen LogP contribution in [-0.2, 0) is 4.79 Å². The second-order valence-electron chi connectivity index (χ2n) is 5.18. The third-order valence-corrected chi connectivity index (χ3v) is 4.22. The summed E-state index contributed by atoms with van der Waals surface area (Å²) in [5.41, 5.74) is 0.631. The van der Waals surface area contributed by atoms with Crippen molar-refractivity contribution >= 4 is 34.2 Å². The van der Waals surface area contributed by atoms with Gasteiger partial charge >= 0.3 is 5.97 Å². The van der Waals surface area contributed by atoms with E-state index in [9.17, 15) is 4.79 Å². The van der Waals surface area contributed by atoms with Crippen molar-refractivity contribution in [2.75, 3.05) is 0 Å². The highest BCUT2D eigenvalue weighted by Crippen LogP contribution is 2.59. The summed E-state index contributed by atoms with van der Waals surface area (Å²) in [6.45, 7) is 3.89. The van der Waals surface area contributed by atoms with Gasteiger partial charge in [0.15, 0.2) is 0 Å². The van der Waals surface area contributed by atoms with E-state index in [1.807, 2.05) is 32.1 Å². The minimum Gasteiger partial charge on any atom is -0.481 e. The molecule has 1 saturated carbocycles. The van der Waals surface area contributed by atoms with Crippen LogP contribution in [0.4, 0.5) is 0 Å². The van der Waals surface area contributed by atoms with Crippen LogP contribution in [-0.4, -0.2) is 11.1 Å². The summed E-state index contributed by atoms with van der Waals surface area (Å²) in [6.07, 6.45) is 1.84. The molecule has 0 aromatic heterocycles. The van der Waals surface area contributed by atoms with Crippen molar-refractivity contribution in [3.05, 3.63) is 40.9 Å². The molecule has 2 rings (SSSR count). The van der Waals surface area contributed by atoms with Crippen LogP contribution in [0.25, 0.3) is 5.03 Å². The van der Waals surface area contributed by atoms with E-state index in [1.165, 1.54) is 0 Å². The highest BCUT2D eigenvalue weighted by molar-refractivity contribution is 6.48. The largest absolute Gasteiger partial charge is 0.481 e. The van der Waals surface area contributed by atoms with E-state index in [4.69, 9.17) is 28.3 Å². The molecule has 2 atom stereocenters. The number of carboxylic acid groups (broad SMARTS) is 1. The number of rotatable bonds is 3. The molecule has 1 aromatic carbocycles. The van der Waals surface area contributed by atoms with Crippen LogP contribution in [0.5, 0.6) is 0 Å². The van der Waals surface area contributed by atoms with Crippen LogP contribution in [0.15, 0.2) is 30.3 Å². The van der Waals surface area contributed by atoms with E-state index < -0.39 is 5.97 Å². The van der Waals surface area contributed by atoms with Crippen molar-refractivity contribution in [3.8, 4) is 0 Å². The summed E-state index contributed by atoms with van der Waals surface area (Å²) in [4.78, 5) is 11.1. The number of hydrogen-bond acceptors (Lipinski definition) is 1. The molecule has 4 heteroatoms. The van der Waals surface area contributed by atoms with Gasteiger partial charge in [0.2, 0.25) is 0 Å². The lowest BCUT2D eigenvalue weighted by atomic mass is 10.1. The number of aliphatic carboxylic acids is 1. The van der Waals surface area contributed by atoms with Crippen molar-refractivity contribution < 1.29 is 9.90 Å². The molecule has 1 N–H and O–H groups in total. The van der Waals surface area contributed by atoms with Gasteiger partial charge in [-0.1, -0.05) is 55.3 Å². The summed E-state index contributed by atoms with van der Waals surface area (Å²) < 4.78 is 0. The molecule has 0 spiro atoms. The minimum absolute atomic E-state index is 0.0156. The molecule has 0 saturated heterocycles. The van der Waals surface area contributed by atoms with E-state index >= 15 is 0 Å². The topological polar surface area (TPSA) is 37.3 Å². The zero-order chi connectivity index (χ0) is 13.5. The Morgan fingerprint density at radius 3 is 2.33 bits per heavy atom. The van der Waals surface area contributed by atoms with Gasteiger partial charge in [-0.3, -0.25) is 4.79 Å². The number of carboxylic acids is 1. The first-order chi connectivity index (χ1) is 8.34. The lowest BCUT2D eigenvalue weighted by Crippen LogP contribution is -2.03. The zero-order valence-corrected chi connectivity index (χ0v) is 11.7. The minimum atomic E-state index is -0.762. The number of allylic oxidation sites excluding steroid dienone is 1. The molecule has 0 aliphatic heterocycles. The fraction of sp³-hybridized carbons (Fsp3) is 0.357. The second kappa shape index (κ2) is 4.60. The molecule has 18 heavy (non-hydrogen) atoms. The summed E-state index contributed by atoms with van der Waals surface area (Å²) in [5, 5.41) is 10.3. The third-order valence-electron chi connectivity index (χ3n) is 3.62. The van der Waals surface area contributed by atoms with E-state index in [2.05, 4.69) is 0 Å². The summed E-state index contributed by atoms with van der Waals surface area (Å²) >= 11 is 12.0. The van der Waals surface area contributed by atoms with Gasteiger partial charge in [-0.2, -0.15) is 0 Å². The summed E-state index contributed by atoms with van der Waals surface area (Å²) in [5.74, 6) is -1.13. The molecule has 0 radical (unpaired) electrons. The smallest absolute Gasteiger partial charge is 0.307 e. The Kier molecular flexibility index (Phi) is 3.43. The molecular formula is C14H14Cl2O2. The monoisotopic (exact) mass is 284 g/mol. The van der Waals surface area contributed by atoms with Crippen molar-refractivity contribution in [1.82, 2.24) is 0 Å². The molecule has 1 fully saturated rings. The standard InChI is InChI=1S/C14H14Cl2O2/c1-14(2)10(12(14)13(17)18)7-11(16)8-3-5-9(15)6-4-8/h3-7,10,12H,1-2H3,(H,17,18)/b11-7+. The Morgan fingerprint density at radius 2 is 1.89 bits per heavy atom. The maximum absolute atomic E-state index is 11.1. The van der Waals surface area contributed by atoms with Gasteiger partial charge in [0, 0.05) is 10.1 Å². The van der Waals surface area contributed by atoms with Gasteiger partial charge in [0.05, 0.1) is 5.92 Å².